The average molecular weight is 574 g/mol. The topological polar surface area (TPSA) is 111 Å². The van der Waals surface area contributed by atoms with Crippen LogP contribution in [0.15, 0.2) is 49.2 Å². The number of imidazole rings is 1. The third kappa shape index (κ3) is 5.51. The second kappa shape index (κ2) is 10.9. The molecular formula is C27H27F4N7O3. The molecule has 1 aromatic carbocycles. The van der Waals surface area contributed by atoms with Crippen molar-refractivity contribution in [3.63, 3.8) is 0 Å². The SMILES string of the molecule is C=C(F)C(=O)N1CCC(n2nnc(-c3cc(OCC(C)(O)c4ccc(F)cn4)c4c(c3)ncn4C(F)F)c2C)CC1. The highest BCUT2D eigenvalue weighted by molar-refractivity contribution is 5.90. The molecule has 1 aliphatic rings. The van der Waals surface area contributed by atoms with Gasteiger partial charge in [0, 0.05) is 18.7 Å². The van der Waals surface area contributed by atoms with Crippen LogP contribution in [-0.2, 0) is 10.4 Å². The minimum atomic E-state index is -2.90. The quantitative estimate of drug-likeness (QED) is 0.245. The van der Waals surface area contributed by atoms with Crippen LogP contribution in [0.25, 0.3) is 22.3 Å². The van der Waals surface area contributed by atoms with Crippen LogP contribution in [0.3, 0.4) is 0 Å². The summed E-state index contributed by atoms with van der Waals surface area (Å²) in [4.78, 5) is 21.3. The number of likely N-dealkylation sites (tertiary alicyclic amines) is 1. The van der Waals surface area contributed by atoms with Gasteiger partial charge in [0.25, 0.3) is 5.91 Å². The first-order valence-electron chi connectivity index (χ1n) is 12.8. The van der Waals surface area contributed by atoms with E-state index in [0.717, 1.165) is 18.6 Å². The van der Waals surface area contributed by atoms with Gasteiger partial charge >= 0.3 is 6.55 Å². The van der Waals surface area contributed by atoms with Crippen LogP contribution in [-0.4, -0.2) is 65.1 Å². The van der Waals surface area contributed by atoms with Crippen molar-refractivity contribution < 1.29 is 32.2 Å². The molecule has 0 radical (unpaired) electrons. The number of hydrogen-bond acceptors (Lipinski definition) is 7. The van der Waals surface area contributed by atoms with Crippen molar-refractivity contribution in [2.45, 2.75) is 44.9 Å². The Morgan fingerprint density at radius 1 is 1.24 bits per heavy atom. The number of ether oxygens (including phenoxy) is 1. The highest BCUT2D eigenvalue weighted by Gasteiger charge is 2.30. The molecule has 5 rings (SSSR count). The molecule has 0 bridgehead atoms. The van der Waals surface area contributed by atoms with Crippen molar-refractivity contribution in [2.75, 3.05) is 19.7 Å². The number of aliphatic hydroxyl groups is 1. The van der Waals surface area contributed by atoms with Gasteiger partial charge in [0.15, 0.2) is 5.83 Å². The summed E-state index contributed by atoms with van der Waals surface area (Å²) in [6, 6.07) is 5.48. The number of nitrogens with zero attached hydrogens (tertiary/aromatic N) is 7. The Labute approximate surface area is 231 Å². The summed E-state index contributed by atoms with van der Waals surface area (Å²) in [6.45, 7) is 3.67. The number of amides is 1. The van der Waals surface area contributed by atoms with E-state index in [-0.39, 0.29) is 35.1 Å². The third-order valence-corrected chi connectivity index (χ3v) is 7.16. The summed E-state index contributed by atoms with van der Waals surface area (Å²) in [5, 5.41) is 19.6. The van der Waals surface area contributed by atoms with E-state index in [1.807, 2.05) is 6.92 Å². The zero-order valence-corrected chi connectivity index (χ0v) is 22.3. The maximum Gasteiger partial charge on any atom is 0.320 e. The van der Waals surface area contributed by atoms with Gasteiger partial charge in [-0.05, 0) is 51.0 Å². The predicted octanol–water partition coefficient (Wildman–Crippen LogP) is 4.47. The first-order chi connectivity index (χ1) is 19.5. The molecule has 1 aliphatic heterocycles. The number of rotatable bonds is 8. The van der Waals surface area contributed by atoms with Gasteiger partial charge in [-0.2, -0.15) is 8.78 Å². The van der Waals surface area contributed by atoms with E-state index in [1.165, 1.54) is 24.0 Å². The molecule has 14 heteroatoms. The van der Waals surface area contributed by atoms with E-state index < -0.39 is 29.7 Å². The highest BCUT2D eigenvalue weighted by atomic mass is 19.3. The molecule has 41 heavy (non-hydrogen) atoms. The van der Waals surface area contributed by atoms with E-state index in [0.29, 0.717) is 47.4 Å². The van der Waals surface area contributed by atoms with Crippen LogP contribution < -0.4 is 4.74 Å². The number of benzene rings is 1. The lowest BCUT2D eigenvalue weighted by Gasteiger charge is -2.31. The first-order valence-corrected chi connectivity index (χ1v) is 12.8. The molecule has 1 atom stereocenters. The minimum absolute atomic E-state index is 0.0168. The molecule has 0 aliphatic carbocycles. The molecule has 1 fully saturated rings. The number of pyridine rings is 1. The van der Waals surface area contributed by atoms with Crippen molar-refractivity contribution in [1.29, 1.82) is 0 Å². The lowest BCUT2D eigenvalue weighted by atomic mass is 10.0. The van der Waals surface area contributed by atoms with Gasteiger partial charge < -0.3 is 14.7 Å². The summed E-state index contributed by atoms with van der Waals surface area (Å²) in [5.74, 6) is -2.28. The van der Waals surface area contributed by atoms with Crippen LogP contribution in [0, 0.1) is 12.7 Å². The first kappa shape index (κ1) is 28.2. The Morgan fingerprint density at radius 2 is 1.98 bits per heavy atom. The Bertz CT molecular complexity index is 1590. The Balaban J connectivity index is 1.45. The summed E-state index contributed by atoms with van der Waals surface area (Å²) in [5.41, 5.74) is 0.340. The van der Waals surface area contributed by atoms with Crippen LogP contribution in [0.5, 0.6) is 5.75 Å². The normalized spacial score (nSPS) is 15.9. The maximum absolute atomic E-state index is 13.8. The lowest BCUT2D eigenvalue weighted by Crippen LogP contribution is -2.39. The van der Waals surface area contributed by atoms with Gasteiger partial charge in [-0.3, -0.25) is 14.3 Å². The molecule has 216 valence electrons. The molecule has 1 N–H and O–H groups in total. The van der Waals surface area contributed by atoms with Crippen LogP contribution in [0.4, 0.5) is 17.6 Å². The summed E-state index contributed by atoms with van der Waals surface area (Å²) >= 11 is 0. The molecule has 4 aromatic rings. The number of fused-ring (bicyclic) bond motifs is 1. The molecule has 10 nitrogen and oxygen atoms in total. The number of carbonyl (C=O) groups excluding carboxylic acids is 1. The molecule has 1 unspecified atom stereocenters. The molecular weight excluding hydrogens is 546 g/mol. The number of piperidine rings is 1. The van der Waals surface area contributed by atoms with E-state index in [1.54, 1.807) is 10.7 Å². The zero-order valence-electron chi connectivity index (χ0n) is 22.3. The maximum atomic E-state index is 13.8. The lowest BCUT2D eigenvalue weighted by molar-refractivity contribution is -0.129. The standard InChI is InChI=1S/C27H27F4N7O3/c1-15(28)25(39)36-8-6-19(7-9-36)38-16(2)23(34-35-38)17-10-20-24(37(14-33-20)26(30)31)21(11-17)41-13-27(3,40)22-5-4-18(29)12-32-22/h4-5,10-12,14,19,26,40H,1,6-9,13H2,2-3H3. The smallest absolute Gasteiger partial charge is 0.320 e. The summed E-state index contributed by atoms with van der Waals surface area (Å²) in [6.07, 6.45) is 3.01. The van der Waals surface area contributed by atoms with Gasteiger partial charge in [0.2, 0.25) is 0 Å². The van der Waals surface area contributed by atoms with E-state index in [2.05, 4.69) is 26.9 Å². The van der Waals surface area contributed by atoms with Gasteiger partial charge in [-0.1, -0.05) is 11.8 Å². The fraction of sp³-hybridized carbons (Fsp3) is 0.370. The third-order valence-electron chi connectivity index (χ3n) is 7.16. The predicted molar refractivity (Wildman–Crippen MR) is 139 cm³/mol. The molecule has 0 spiro atoms. The van der Waals surface area contributed by atoms with Crippen molar-refractivity contribution in [3.8, 4) is 17.0 Å². The Kier molecular flexibility index (Phi) is 7.51. The number of hydrogen-bond donors (Lipinski definition) is 1. The molecule has 3 aromatic heterocycles. The Hall–Kier alpha value is -4.33. The molecule has 1 saturated heterocycles. The molecule has 4 heterocycles. The second-order valence-electron chi connectivity index (χ2n) is 10.1. The second-order valence-corrected chi connectivity index (χ2v) is 10.1. The number of carbonyl (C=O) groups is 1. The number of halogens is 4. The van der Waals surface area contributed by atoms with Crippen molar-refractivity contribution in [2.24, 2.45) is 0 Å². The van der Waals surface area contributed by atoms with Gasteiger partial charge in [0.1, 0.15) is 41.3 Å². The fourth-order valence-corrected chi connectivity index (χ4v) is 4.95. The number of aromatic nitrogens is 6. The number of alkyl halides is 2. The van der Waals surface area contributed by atoms with Gasteiger partial charge in [0.05, 0.1) is 29.1 Å². The largest absolute Gasteiger partial charge is 0.488 e. The van der Waals surface area contributed by atoms with Crippen LogP contribution in [0.1, 0.15) is 43.7 Å². The van der Waals surface area contributed by atoms with Crippen LogP contribution in [0.2, 0.25) is 0 Å². The van der Waals surface area contributed by atoms with Crippen molar-refractivity contribution in [3.05, 3.63) is 66.4 Å². The highest BCUT2D eigenvalue weighted by Crippen LogP contribution is 2.36. The van der Waals surface area contributed by atoms with E-state index in [4.69, 9.17) is 4.74 Å². The fourth-order valence-electron chi connectivity index (χ4n) is 4.95. The molecule has 1 amide bonds. The van der Waals surface area contributed by atoms with Crippen molar-refractivity contribution >= 4 is 16.9 Å². The molecule has 0 saturated carbocycles. The zero-order chi connectivity index (χ0) is 29.5. The monoisotopic (exact) mass is 573 g/mol. The Morgan fingerprint density at radius 3 is 2.61 bits per heavy atom. The van der Waals surface area contributed by atoms with Gasteiger partial charge in [-0.25, -0.2) is 18.4 Å². The van der Waals surface area contributed by atoms with E-state index >= 15 is 0 Å². The van der Waals surface area contributed by atoms with Gasteiger partial charge in [-0.15, -0.1) is 5.10 Å². The average Bonchev–Trinajstić information content (AvgIpc) is 3.55. The van der Waals surface area contributed by atoms with Crippen LogP contribution >= 0.6 is 0 Å². The van der Waals surface area contributed by atoms with Crippen molar-refractivity contribution in [1.82, 2.24) is 34.4 Å². The summed E-state index contributed by atoms with van der Waals surface area (Å²) in [7, 11) is 0. The minimum Gasteiger partial charge on any atom is -0.488 e. The summed E-state index contributed by atoms with van der Waals surface area (Å²) < 4.78 is 62.5. The van der Waals surface area contributed by atoms with E-state index in [9.17, 15) is 27.5 Å².